The number of hydrogen-bond donors (Lipinski definition) is 2. The second kappa shape index (κ2) is 5.40. The van der Waals surface area contributed by atoms with Gasteiger partial charge in [-0.1, -0.05) is 30.3 Å². The monoisotopic (exact) mass is 248 g/mol. The minimum absolute atomic E-state index is 0.0653. The van der Waals surface area contributed by atoms with Crippen molar-refractivity contribution < 1.29 is 5.11 Å². The molecular weight excluding hydrogens is 232 g/mol. The summed E-state index contributed by atoms with van der Waals surface area (Å²) in [6, 6.07) is 9.99. The lowest BCUT2D eigenvalue weighted by atomic mass is 9.93. The highest BCUT2D eigenvalue weighted by Crippen LogP contribution is 2.20. The average molecular weight is 248 g/mol. The zero-order valence-electron chi connectivity index (χ0n) is 9.76. The van der Waals surface area contributed by atoms with E-state index in [0.29, 0.717) is 0 Å². The molecule has 90 valence electrons. The summed E-state index contributed by atoms with van der Waals surface area (Å²) in [5, 5.41) is 13.0. The molecule has 1 atom stereocenters. The summed E-state index contributed by atoms with van der Waals surface area (Å²) in [5.41, 5.74) is 2.49. The normalized spacial score (nSPS) is 14.5. The fraction of sp³-hybridized carbons (Fsp3) is 0.308. The SMILES string of the molecule is CC(CO)(NCc1cncs1)c1ccccc1. The van der Waals surface area contributed by atoms with Gasteiger partial charge in [0.15, 0.2) is 0 Å². The highest BCUT2D eigenvalue weighted by atomic mass is 32.1. The molecule has 0 amide bonds. The molecule has 0 saturated carbocycles. The van der Waals surface area contributed by atoms with E-state index in [9.17, 15) is 5.11 Å². The molecule has 0 bridgehead atoms. The molecule has 0 aliphatic rings. The van der Waals surface area contributed by atoms with Gasteiger partial charge in [-0.2, -0.15) is 0 Å². The second-order valence-corrected chi connectivity index (χ2v) is 5.15. The van der Waals surface area contributed by atoms with Gasteiger partial charge in [0.2, 0.25) is 0 Å². The largest absolute Gasteiger partial charge is 0.394 e. The number of benzene rings is 1. The highest BCUT2D eigenvalue weighted by Gasteiger charge is 2.24. The molecule has 0 spiro atoms. The summed E-state index contributed by atoms with van der Waals surface area (Å²) in [6.45, 7) is 2.79. The molecule has 17 heavy (non-hydrogen) atoms. The molecule has 1 aromatic carbocycles. The minimum atomic E-state index is -0.411. The number of aliphatic hydroxyl groups excluding tert-OH is 1. The van der Waals surface area contributed by atoms with Crippen LogP contribution in [0.4, 0.5) is 0 Å². The van der Waals surface area contributed by atoms with Crippen LogP contribution in [0.2, 0.25) is 0 Å². The Morgan fingerprint density at radius 2 is 2.12 bits per heavy atom. The number of thiazole rings is 1. The van der Waals surface area contributed by atoms with Crippen LogP contribution in [-0.4, -0.2) is 16.7 Å². The van der Waals surface area contributed by atoms with Crippen LogP contribution in [0.5, 0.6) is 0 Å². The van der Waals surface area contributed by atoms with Gasteiger partial charge in [0.05, 0.1) is 17.7 Å². The molecule has 0 aliphatic heterocycles. The Bertz CT molecular complexity index is 444. The summed E-state index contributed by atoms with van der Waals surface area (Å²) in [5.74, 6) is 0. The van der Waals surface area contributed by atoms with Gasteiger partial charge < -0.3 is 10.4 Å². The molecule has 2 rings (SSSR count). The van der Waals surface area contributed by atoms with Crippen LogP contribution in [0.3, 0.4) is 0 Å². The van der Waals surface area contributed by atoms with E-state index in [1.165, 1.54) is 4.88 Å². The van der Waals surface area contributed by atoms with Crippen LogP contribution in [0, 0.1) is 0 Å². The Balaban J connectivity index is 2.09. The van der Waals surface area contributed by atoms with Crippen molar-refractivity contribution in [3.63, 3.8) is 0 Å². The van der Waals surface area contributed by atoms with Crippen LogP contribution < -0.4 is 5.32 Å². The molecular formula is C13H16N2OS. The van der Waals surface area contributed by atoms with Crippen molar-refractivity contribution in [3.05, 3.63) is 52.5 Å². The quantitative estimate of drug-likeness (QED) is 0.852. The Morgan fingerprint density at radius 1 is 1.35 bits per heavy atom. The molecule has 2 aromatic rings. The van der Waals surface area contributed by atoms with Gasteiger partial charge in [-0.3, -0.25) is 4.98 Å². The minimum Gasteiger partial charge on any atom is -0.394 e. The Kier molecular flexibility index (Phi) is 3.89. The maximum absolute atomic E-state index is 9.59. The molecule has 3 nitrogen and oxygen atoms in total. The molecule has 4 heteroatoms. The fourth-order valence-electron chi connectivity index (χ4n) is 1.67. The van der Waals surface area contributed by atoms with Gasteiger partial charge in [0, 0.05) is 17.6 Å². The first-order valence-corrected chi connectivity index (χ1v) is 6.41. The van der Waals surface area contributed by atoms with E-state index in [0.717, 1.165) is 12.1 Å². The fourth-order valence-corrected chi connectivity index (χ4v) is 2.20. The first-order valence-electron chi connectivity index (χ1n) is 5.53. The maximum atomic E-state index is 9.59. The standard InChI is InChI=1S/C13H16N2OS/c1-13(9-16,11-5-3-2-4-6-11)15-8-12-7-14-10-17-12/h2-7,10,15-16H,8-9H2,1H3. The van der Waals surface area contributed by atoms with Gasteiger partial charge in [-0.25, -0.2) is 0 Å². The lowest BCUT2D eigenvalue weighted by molar-refractivity contribution is 0.174. The van der Waals surface area contributed by atoms with Crippen molar-refractivity contribution >= 4 is 11.3 Å². The van der Waals surface area contributed by atoms with Crippen LogP contribution in [0.1, 0.15) is 17.4 Å². The van der Waals surface area contributed by atoms with E-state index >= 15 is 0 Å². The molecule has 0 fully saturated rings. The lowest BCUT2D eigenvalue weighted by Gasteiger charge is -2.29. The van der Waals surface area contributed by atoms with E-state index in [1.54, 1.807) is 11.3 Å². The van der Waals surface area contributed by atoms with Crippen LogP contribution >= 0.6 is 11.3 Å². The van der Waals surface area contributed by atoms with Gasteiger partial charge in [-0.15, -0.1) is 11.3 Å². The van der Waals surface area contributed by atoms with E-state index in [-0.39, 0.29) is 6.61 Å². The Hall–Kier alpha value is -1.23. The lowest BCUT2D eigenvalue weighted by Crippen LogP contribution is -2.42. The van der Waals surface area contributed by atoms with E-state index < -0.39 is 5.54 Å². The number of hydrogen-bond acceptors (Lipinski definition) is 4. The predicted octanol–water partition coefficient (Wildman–Crippen LogP) is 2.14. The van der Waals surface area contributed by atoms with Crippen molar-refractivity contribution in [2.75, 3.05) is 6.61 Å². The number of rotatable bonds is 5. The van der Waals surface area contributed by atoms with Crippen LogP contribution in [0.25, 0.3) is 0 Å². The summed E-state index contributed by atoms with van der Waals surface area (Å²) >= 11 is 1.61. The number of nitrogens with zero attached hydrogens (tertiary/aromatic N) is 1. The smallest absolute Gasteiger partial charge is 0.0794 e. The van der Waals surface area contributed by atoms with Crippen LogP contribution in [0.15, 0.2) is 42.0 Å². The first-order chi connectivity index (χ1) is 8.24. The summed E-state index contributed by atoms with van der Waals surface area (Å²) < 4.78 is 0. The number of aromatic nitrogens is 1. The number of aliphatic hydroxyl groups is 1. The van der Waals surface area contributed by atoms with E-state index in [2.05, 4.69) is 10.3 Å². The van der Waals surface area contributed by atoms with Crippen molar-refractivity contribution in [2.24, 2.45) is 0 Å². The molecule has 0 radical (unpaired) electrons. The van der Waals surface area contributed by atoms with Gasteiger partial charge in [0.1, 0.15) is 0 Å². The molecule has 0 aliphatic carbocycles. The van der Waals surface area contributed by atoms with Crippen LogP contribution in [-0.2, 0) is 12.1 Å². The summed E-state index contributed by atoms with van der Waals surface area (Å²) in [4.78, 5) is 5.20. The summed E-state index contributed by atoms with van der Waals surface area (Å²) in [7, 11) is 0. The van der Waals surface area contributed by atoms with Crippen molar-refractivity contribution in [1.82, 2.24) is 10.3 Å². The Morgan fingerprint density at radius 3 is 2.71 bits per heavy atom. The first kappa shape index (κ1) is 12.2. The van der Waals surface area contributed by atoms with Gasteiger partial charge in [0.25, 0.3) is 0 Å². The van der Waals surface area contributed by atoms with Crippen molar-refractivity contribution in [3.8, 4) is 0 Å². The topological polar surface area (TPSA) is 45.1 Å². The Labute approximate surface area is 105 Å². The maximum Gasteiger partial charge on any atom is 0.0794 e. The second-order valence-electron chi connectivity index (χ2n) is 4.18. The third kappa shape index (κ3) is 2.91. The van der Waals surface area contributed by atoms with Gasteiger partial charge in [-0.05, 0) is 12.5 Å². The molecule has 1 unspecified atom stereocenters. The molecule has 1 heterocycles. The highest BCUT2D eigenvalue weighted by molar-refractivity contribution is 7.09. The third-order valence-corrected chi connectivity index (χ3v) is 3.64. The zero-order chi connectivity index (χ0) is 12.1. The molecule has 2 N–H and O–H groups in total. The van der Waals surface area contributed by atoms with Gasteiger partial charge >= 0.3 is 0 Å². The predicted molar refractivity (Wildman–Crippen MR) is 69.8 cm³/mol. The van der Waals surface area contributed by atoms with Crippen molar-refractivity contribution in [2.45, 2.75) is 19.0 Å². The zero-order valence-corrected chi connectivity index (χ0v) is 10.6. The van der Waals surface area contributed by atoms with E-state index in [4.69, 9.17) is 0 Å². The third-order valence-electron chi connectivity index (χ3n) is 2.86. The van der Waals surface area contributed by atoms with Crippen molar-refractivity contribution in [1.29, 1.82) is 0 Å². The summed E-state index contributed by atoms with van der Waals surface area (Å²) in [6.07, 6.45) is 1.85. The number of nitrogens with one attached hydrogen (secondary N) is 1. The average Bonchev–Trinajstić information content (AvgIpc) is 2.90. The molecule has 0 saturated heterocycles. The van der Waals surface area contributed by atoms with E-state index in [1.807, 2.05) is 49.0 Å². The molecule has 1 aromatic heterocycles.